The molecule has 0 aliphatic heterocycles. The van der Waals surface area contributed by atoms with Crippen molar-refractivity contribution >= 4 is 41.1 Å². The second-order valence-corrected chi connectivity index (χ2v) is 4.20. The van der Waals surface area contributed by atoms with Crippen molar-refractivity contribution in [1.82, 2.24) is 0 Å². The number of benzene rings is 1. The molecule has 20 heavy (non-hydrogen) atoms. The summed E-state index contributed by atoms with van der Waals surface area (Å²) in [6.45, 7) is 0. The van der Waals surface area contributed by atoms with Gasteiger partial charge in [-0.25, -0.2) is 4.79 Å². The number of anilines is 1. The first kappa shape index (κ1) is 16.3. The Hall–Kier alpha value is -1.73. The largest absolute Gasteiger partial charge is 0.477 e. The summed E-state index contributed by atoms with van der Waals surface area (Å²) < 4.78 is 37.3. The van der Waals surface area contributed by atoms with Crippen molar-refractivity contribution in [2.24, 2.45) is 5.10 Å². The van der Waals surface area contributed by atoms with E-state index in [1.807, 2.05) is 0 Å². The highest BCUT2D eigenvalue weighted by atomic mass is 35.5. The Morgan fingerprint density at radius 1 is 1.35 bits per heavy atom. The van der Waals surface area contributed by atoms with Crippen LogP contribution >= 0.6 is 23.2 Å². The minimum Gasteiger partial charge on any atom is -0.477 e. The standard InChI is InChI=1S/C11H7Cl2F3N2O2/c12-8(9(13)10(19)20)5-17-18-7-3-1-2-6(4-7)11(14,15)16/h1-5,18H,(H,19,20)/b9-8+,17-5+. The van der Waals surface area contributed by atoms with Crippen molar-refractivity contribution in [2.45, 2.75) is 6.18 Å². The molecule has 0 radical (unpaired) electrons. The normalized spacial score (nSPS) is 13.2. The van der Waals surface area contributed by atoms with Gasteiger partial charge in [0, 0.05) is 0 Å². The molecule has 4 nitrogen and oxygen atoms in total. The van der Waals surface area contributed by atoms with Crippen LogP contribution in [0.25, 0.3) is 0 Å². The van der Waals surface area contributed by atoms with Gasteiger partial charge in [-0.15, -0.1) is 0 Å². The van der Waals surface area contributed by atoms with E-state index in [9.17, 15) is 18.0 Å². The summed E-state index contributed by atoms with van der Waals surface area (Å²) >= 11 is 10.8. The predicted octanol–water partition coefficient (Wildman–Crippen LogP) is 3.88. The van der Waals surface area contributed by atoms with Gasteiger partial charge < -0.3 is 5.11 Å². The van der Waals surface area contributed by atoms with Gasteiger partial charge in [0.15, 0.2) is 0 Å². The third-order valence-electron chi connectivity index (χ3n) is 1.96. The summed E-state index contributed by atoms with van der Waals surface area (Å²) in [7, 11) is 0. The van der Waals surface area contributed by atoms with Crippen LogP contribution in [0.3, 0.4) is 0 Å². The lowest BCUT2D eigenvalue weighted by molar-refractivity contribution is -0.137. The van der Waals surface area contributed by atoms with Crippen molar-refractivity contribution < 1.29 is 23.1 Å². The van der Waals surface area contributed by atoms with Crippen molar-refractivity contribution in [3.63, 3.8) is 0 Å². The minimum absolute atomic E-state index is 0.0620. The van der Waals surface area contributed by atoms with Gasteiger partial charge in [0.2, 0.25) is 0 Å². The number of nitrogens with one attached hydrogen (secondary N) is 1. The van der Waals surface area contributed by atoms with Crippen LogP contribution in [0.5, 0.6) is 0 Å². The Labute approximate surface area is 121 Å². The number of hydrogen-bond acceptors (Lipinski definition) is 3. The SMILES string of the molecule is O=C(O)/C(Cl)=C(Cl)/C=N/Nc1cccc(C(F)(F)F)c1. The first-order chi connectivity index (χ1) is 9.21. The Balaban J connectivity index is 2.81. The van der Waals surface area contributed by atoms with E-state index in [1.54, 1.807) is 0 Å². The van der Waals surface area contributed by atoms with Crippen molar-refractivity contribution in [2.75, 3.05) is 5.43 Å². The number of alkyl halides is 3. The highest BCUT2D eigenvalue weighted by Gasteiger charge is 2.30. The molecule has 0 fully saturated rings. The molecule has 0 saturated carbocycles. The van der Waals surface area contributed by atoms with Crippen LogP contribution in [0.15, 0.2) is 39.4 Å². The molecule has 9 heteroatoms. The van der Waals surface area contributed by atoms with Gasteiger partial charge in [-0.05, 0) is 18.2 Å². The molecular formula is C11H7Cl2F3N2O2. The molecular weight excluding hydrogens is 320 g/mol. The van der Waals surface area contributed by atoms with E-state index < -0.39 is 22.7 Å². The average molecular weight is 327 g/mol. The van der Waals surface area contributed by atoms with Gasteiger partial charge in [-0.2, -0.15) is 18.3 Å². The number of aliphatic carboxylic acids is 1. The van der Waals surface area contributed by atoms with Gasteiger partial charge in [-0.1, -0.05) is 29.3 Å². The van der Waals surface area contributed by atoms with Gasteiger partial charge >= 0.3 is 12.1 Å². The van der Waals surface area contributed by atoms with Gasteiger partial charge in [0.1, 0.15) is 5.03 Å². The summed E-state index contributed by atoms with van der Waals surface area (Å²) in [5.41, 5.74) is 1.50. The number of allylic oxidation sites excluding steroid dienone is 1. The zero-order valence-corrected chi connectivity index (χ0v) is 11.1. The number of nitrogens with zero attached hydrogens (tertiary/aromatic N) is 1. The molecule has 1 aromatic rings. The number of carboxylic acid groups (broad SMARTS) is 1. The number of halogens is 5. The van der Waals surface area contributed by atoms with Crippen molar-refractivity contribution in [3.05, 3.63) is 39.9 Å². The number of hydrazone groups is 1. The maximum atomic E-state index is 12.4. The van der Waals surface area contributed by atoms with Crippen molar-refractivity contribution in [3.8, 4) is 0 Å². The highest BCUT2D eigenvalue weighted by Crippen LogP contribution is 2.30. The lowest BCUT2D eigenvalue weighted by Gasteiger charge is -2.07. The van der Waals surface area contributed by atoms with Crippen LogP contribution < -0.4 is 5.43 Å². The fourth-order valence-corrected chi connectivity index (χ4v) is 1.27. The van der Waals surface area contributed by atoms with E-state index >= 15 is 0 Å². The Bertz CT molecular complexity index is 571. The summed E-state index contributed by atoms with van der Waals surface area (Å²) in [6.07, 6.45) is -3.59. The van der Waals surface area contributed by atoms with Crippen LogP contribution in [-0.4, -0.2) is 17.3 Å². The molecule has 0 spiro atoms. The lowest BCUT2D eigenvalue weighted by Crippen LogP contribution is -2.05. The molecule has 0 heterocycles. The third-order valence-corrected chi connectivity index (χ3v) is 2.71. The van der Waals surface area contributed by atoms with Crippen LogP contribution in [0.1, 0.15) is 5.56 Å². The second kappa shape index (κ2) is 6.62. The van der Waals surface area contributed by atoms with Gasteiger partial charge in [0.25, 0.3) is 0 Å². The van der Waals surface area contributed by atoms with E-state index in [1.165, 1.54) is 12.1 Å². The van der Waals surface area contributed by atoms with Gasteiger partial charge in [-0.3, -0.25) is 5.43 Å². The zero-order valence-electron chi connectivity index (χ0n) is 9.58. The molecule has 1 rings (SSSR count). The monoisotopic (exact) mass is 326 g/mol. The molecule has 0 atom stereocenters. The predicted molar refractivity (Wildman–Crippen MR) is 69.9 cm³/mol. The van der Waals surface area contributed by atoms with Crippen LogP contribution in [-0.2, 0) is 11.0 Å². The topological polar surface area (TPSA) is 61.7 Å². The maximum Gasteiger partial charge on any atom is 0.416 e. The number of carbonyl (C=O) groups is 1. The van der Waals surface area contributed by atoms with E-state index in [-0.39, 0.29) is 10.7 Å². The molecule has 108 valence electrons. The maximum absolute atomic E-state index is 12.4. The average Bonchev–Trinajstić information content (AvgIpc) is 2.37. The fraction of sp³-hybridized carbons (Fsp3) is 0.0909. The third kappa shape index (κ3) is 4.75. The van der Waals surface area contributed by atoms with E-state index in [0.717, 1.165) is 18.3 Å². The Morgan fingerprint density at radius 2 is 2.00 bits per heavy atom. The van der Waals surface area contributed by atoms with Gasteiger partial charge in [0.05, 0.1) is 22.5 Å². The summed E-state index contributed by atoms with van der Waals surface area (Å²) in [5.74, 6) is -1.44. The number of hydrogen-bond donors (Lipinski definition) is 2. The number of carboxylic acids is 1. The molecule has 0 aliphatic carbocycles. The summed E-state index contributed by atoms with van der Waals surface area (Å²) in [5, 5.41) is 11.0. The molecule has 0 aromatic heterocycles. The smallest absolute Gasteiger partial charge is 0.416 e. The Morgan fingerprint density at radius 3 is 2.55 bits per heavy atom. The molecule has 0 saturated heterocycles. The summed E-state index contributed by atoms with van der Waals surface area (Å²) in [6, 6.07) is 4.29. The van der Waals surface area contributed by atoms with Crippen molar-refractivity contribution in [1.29, 1.82) is 0 Å². The van der Waals surface area contributed by atoms with E-state index in [2.05, 4.69) is 10.5 Å². The first-order valence-electron chi connectivity index (χ1n) is 4.96. The first-order valence-corrected chi connectivity index (χ1v) is 5.72. The van der Waals surface area contributed by atoms with Crippen LogP contribution in [0.4, 0.5) is 18.9 Å². The number of rotatable bonds is 4. The molecule has 0 unspecified atom stereocenters. The molecule has 0 aliphatic rings. The second-order valence-electron chi connectivity index (χ2n) is 3.42. The highest BCUT2D eigenvalue weighted by molar-refractivity contribution is 6.51. The molecule has 0 amide bonds. The minimum atomic E-state index is -4.47. The lowest BCUT2D eigenvalue weighted by atomic mass is 10.2. The molecule has 2 N–H and O–H groups in total. The zero-order chi connectivity index (χ0) is 15.3. The quantitative estimate of drug-likeness (QED) is 0.501. The van der Waals surface area contributed by atoms with E-state index in [4.69, 9.17) is 28.3 Å². The Kier molecular flexibility index (Phi) is 5.41. The summed E-state index contributed by atoms with van der Waals surface area (Å²) in [4.78, 5) is 10.4. The van der Waals surface area contributed by atoms with E-state index in [0.29, 0.717) is 0 Å². The fourth-order valence-electron chi connectivity index (χ4n) is 1.09. The molecule has 0 bridgehead atoms. The van der Waals surface area contributed by atoms with Crippen LogP contribution in [0.2, 0.25) is 0 Å². The van der Waals surface area contributed by atoms with Crippen LogP contribution in [0, 0.1) is 0 Å². The molecule has 1 aromatic carbocycles.